The second-order valence-corrected chi connectivity index (χ2v) is 21.6. The summed E-state index contributed by atoms with van der Waals surface area (Å²) in [7, 11) is 6.78. The molecule has 4 aliphatic heterocycles. The summed E-state index contributed by atoms with van der Waals surface area (Å²) in [6.45, 7) is 20.3. The van der Waals surface area contributed by atoms with Crippen LogP contribution < -0.4 is 10.2 Å². The maximum atomic E-state index is 14.6. The Hall–Kier alpha value is -3.61. The molecule has 410 valence electrons. The van der Waals surface area contributed by atoms with Gasteiger partial charge in [-0.15, -0.1) is 0 Å². The lowest BCUT2D eigenvalue weighted by molar-refractivity contribution is -0.384. The molecule has 4 heterocycles. The molecule has 0 aliphatic carbocycles. The van der Waals surface area contributed by atoms with Crippen molar-refractivity contribution in [2.45, 2.75) is 192 Å². The lowest BCUT2D eigenvalue weighted by Gasteiger charge is -2.50. The number of nitro groups is 1. The van der Waals surface area contributed by atoms with E-state index in [1.165, 1.54) is 40.2 Å². The van der Waals surface area contributed by atoms with Crippen molar-refractivity contribution in [2.75, 3.05) is 65.9 Å². The molecule has 18 atom stereocenters. The Morgan fingerprint density at radius 3 is 2.08 bits per heavy atom. The summed E-state index contributed by atoms with van der Waals surface area (Å²) < 4.78 is 51.5. The summed E-state index contributed by atoms with van der Waals surface area (Å²) in [5.41, 5.74) is -3.52. The Kier molecular flexibility index (Phi) is 20.4. The van der Waals surface area contributed by atoms with Crippen LogP contribution in [0.25, 0.3) is 0 Å². The first-order chi connectivity index (χ1) is 33.7. The molecule has 1 aromatic rings. The molecule has 0 unspecified atom stereocenters. The third-order valence-corrected chi connectivity index (χ3v) is 15.8. The number of rotatable bonds is 14. The maximum Gasteiger partial charge on any atom is 0.311 e. The van der Waals surface area contributed by atoms with Crippen LogP contribution in [-0.4, -0.2) is 199 Å². The van der Waals surface area contributed by atoms with Crippen LogP contribution in [0.4, 0.5) is 11.4 Å². The number of nitrogens with one attached hydrogen (secondary N) is 1. The fourth-order valence-corrected chi connectivity index (χ4v) is 11.1. The Bertz CT molecular complexity index is 1960. The minimum Gasteiger partial charge on any atom is -0.459 e. The van der Waals surface area contributed by atoms with Crippen LogP contribution in [0.2, 0.25) is 0 Å². The summed E-state index contributed by atoms with van der Waals surface area (Å²) in [4.78, 5) is 58.8. The lowest BCUT2D eigenvalue weighted by atomic mass is 9.78. The molecule has 21 nitrogen and oxygen atoms in total. The van der Waals surface area contributed by atoms with Crippen LogP contribution in [0.5, 0.6) is 0 Å². The van der Waals surface area contributed by atoms with Gasteiger partial charge in [0.2, 0.25) is 5.91 Å². The number of carbonyl (C=O) groups excluding carboxylic acids is 3. The molecule has 0 saturated carbocycles. The molecule has 4 N–H and O–H groups in total. The minimum absolute atomic E-state index is 0.0348. The molecular weight excluding hydrogens is 939 g/mol. The standard InChI is InChI=1S/C51H85N5O16/c1-15-38-51(10,62)43(59)33(6)46(60)52-29(2)27-49(8,65-13)44(72-48-41(58)37(53(11)12)26-30(3)67-48)31(4)42(32(5)47(61)69-38)71-40-28-50(9,66-14)45(34(7)68-40)70-39(57)20-21-54-22-24-55(25-23-54)35-16-18-36(19-17-35)56(63)64/h16-19,29-34,37-38,40-45,48,58-59,62H,15,20-28H2,1-14H3,(H,52,60)/t29-,30-,31+,32-,33-,34+,37+,38-,40+,41-,42+,43-,44-,45+,48+,49-,50-,51-/m1/s1. The van der Waals surface area contributed by atoms with Crippen molar-refractivity contribution in [3.63, 3.8) is 0 Å². The average Bonchev–Trinajstić information content (AvgIpc) is 3.34. The highest BCUT2D eigenvalue weighted by molar-refractivity contribution is 5.79. The number of esters is 2. The summed E-state index contributed by atoms with van der Waals surface area (Å²) in [6.07, 6.45) is -9.27. The summed E-state index contributed by atoms with van der Waals surface area (Å²) >= 11 is 0. The van der Waals surface area contributed by atoms with Gasteiger partial charge in [0.15, 0.2) is 18.7 Å². The number of likely N-dealkylation sites (N-methyl/N-ethyl adjacent to an activating group) is 1. The van der Waals surface area contributed by atoms with Crippen LogP contribution in [0.15, 0.2) is 24.3 Å². The van der Waals surface area contributed by atoms with Crippen LogP contribution in [0.3, 0.4) is 0 Å². The van der Waals surface area contributed by atoms with Crippen molar-refractivity contribution < 1.29 is 72.5 Å². The first-order valence-electron chi connectivity index (χ1n) is 25.6. The number of cyclic esters (lactones) is 1. The van der Waals surface area contributed by atoms with E-state index in [0.29, 0.717) is 39.1 Å². The van der Waals surface area contributed by atoms with Gasteiger partial charge < -0.3 is 68.3 Å². The normalized spacial score (nSPS) is 40.1. The number of ether oxygens (including phenoxy) is 8. The first kappa shape index (κ1) is 59.3. The van der Waals surface area contributed by atoms with E-state index in [0.717, 1.165) is 5.69 Å². The molecule has 1 aromatic carbocycles. The van der Waals surface area contributed by atoms with Gasteiger partial charge in [0.05, 0.1) is 59.3 Å². The highest BCUT2D eigenvalue weighted by Crippen LogP contribution is 2.41. The van der Waals surface area contributed by atoms with E-state index in [9.17, 15) is 39.8 Å². The van der Waals surface area contributed by atoms with Gasteiger partial charge in [-0.3, -0.25) is 29.4 Å². The molecular formula is C51H85N5O16. The average molecular weight is 1020 g/mol. The van der Waals surface area contributed by atoms with Gasteiger partial charge in [-0.05, 0) is 94.0 Å². The van der Waals surface area contributed by atoms with Crippen molar-refractivity contribution in [3.8, 4) is 0 Å². The van der Waals surface area contributed by atoms with Crippen molar-refractivity contribution in [2.24, 2.45) is 17.8 Å². The smallest absolute Gasteiger partial charge is 0.311 e. The van der Waals surface area contributed by atoms with E-state index < -0.39 is 119 Å². The summed E-state index contributed by atoms with van der Waals surface area (Å²) in [6, 6.07) is 5.56. The fourth-order valence-electron chi connectivity index (χ4n) is 11.1. The molecule has 0 aromatic heterocycles. The highest BCUT2D eigenvalue weighted by Gasteiger charge is 2.54. The number of hydrogen-bond donors (Lipinski definition) is 4. The number of aliphatic hydroxyl groups excluding tert-OH is 2. The van der Waals surface area contributed by atoms with E-state index >= 15 is 0 Å². The van der Waals surface area contributed by atoms with Gasteiger partial charge in [-0.2, -0.15) is 0 Å². The second kappa shape index (κ2) is 24.8. The molecule has 0 bridgehead atoms. The number of nitrogens with zero attached hydrogens (tertiary/aromatic N) is 4. The number of non-ortho nitro benzene ring substituents is 1. The van der Waals surface area contributed by atoms with E-state index in [1.807, 2.05) is 46.7 Å². The lowest BCUT2D eigenvalue weighted by Crippen LogP contribution is -2.61. The number of aliphatic hydroxyl groups is 3. The van der Waals surface area contributed by atoms with Crippen molar-refractivity contribution in [1.82, 2.24) is 15.1 Å². The molecule has 72 heavy (non-hydrogen) atoms. The van der Waals surface area contributed by atoms with Crippen molar-refractivity contribution in [1.29, 1.82) is 0 Å². The van der Waals surface area contributed by atoms with Crippen LogP contribution in [0, 0.1) is 27.9 Å². The number of benzene rings is 1. The van der Waals surface area contributed by atoms with Gasteiger partial charge in [0.25, 0.3) is 5.69 Å². The minimum atomic E-state index is -2.05. The molecule has 4 saturated heterocycles. The number of piperazine rings is 1. The number of amides is 1. The molecule has 4 fully saturated rings. The molecule has 0 spiro atoms. The predicted octanol–water partition coefficient (Wildman–Crippen LogP) is 3.41. The Labute approximate surface area is 425 Å². The monoisotopic (exact) mass is 1020 g/mol. The number of anilines is 1. The third kappa shape index (κ3) is 13.8. The Morgan fingerprint density at radius 1 is 0.903 bits per heavy atom. The third-order valence-electron chi connectivity index (χ3n) is 15.8. The topological polar surface area (TPSA) is 251 Å². The van der Waals surface area contributed by atoms with Crippen LogP contribution in [-0.2, 0) is 52.3 Å². The van der Waals surface area contributed by atoms with Crippen molar-refractivity contribution >= 4 is 29.2 Å². The maximum absolute atomic E-state index is 14.6. The number of methoxy groups -OCH3 is 2. The highest BCUT2D eigenvalue weighted by atomic mass is 16.7. The molecule has 21 heteroatoms. The van der Waals surface area contributed by atoms with Gasteiger partial charge >= 0.3 is 11.9 Å². The zero-order chi connectivity index (χ0) is 53.6. The van der Waals surface area contributed by atoms with Gasteiger partial charge in [0.1, 0.15) is 23.4 Å². The summed E-state index contributed by atoms with van der Waals surface area (Å²) in [5, 5.41) is 49.2. The number of nitro benzene ring substituents is 1. The van der Waals surface area contributed by atoms with Gasteiger partial charge in [0, 0.05) is 89.2 Å². The van der Waals surface area contributed by atoms with Crippen LogP contribution >= 0.6 is 0 Å². The zero-order valence-corrected chi connectivity index (χ0v) is 45.0. The second-order valence-electron chi connectivity index (χ2n) is 21.6. The predicted molar refractivity (Wildman–Crippen MR) is 265 cm³/mol. The quantitative estimate of drug-likeness (QED) is 0.118. The molecule has 1 amide bonds. The first-order valence-corrected chi connectivity index (χ1v) is 25.6. The van der Waals surface area contributed by atoms with E-state index in [1.54, 1.807) is 39.8 Å². The van der Waals surface area contributed by atoms with Crippen LogP contribution in [0.1, 0.15) is 101 Å². The molecule has 5 rings (SSSR count). The molecule has 4 aliphatic rings. The van der Waals surface area contributed by atoms with Gasteiger partial charge in [-0.25, -0.2) is 0 Å². The largest absolute Gasteiger partial charge is 0.459 e. The van der Waals surface area contributed by atoms with Gasteiger partial charge in [-0.1, -0.05) is 20.8 Å². The fraction of sp³-hybridized carbons (Fsp3) is 0.824. The van der Waals surface area contributed by atoms with E-state index in [2.05, 4.69) is 15.1 Å². The van der Waals surface area contributed by atoms with Crippen molar-refractivity contribution in [3.05, 3.63) is 34.4 Å². The Balaban J connectivity index is 1.41. The zero-order valence-electron chi connectivity index (χ0n) is 45.0. The van der Waals surface area contributed by atoms with E-state index in [4.69, 9.17) is 37.9 Å². The molecule has 0 radical (unpaired) electrons. The summed E-state index contributed by atoms with van der Waals surface area (Å²) in [5.74, 6) is -4.75. The Morgan fingerprint density at radius 2 is 1.51 bits per heavy atom. The van der Waals surface area contributed by atoms with E-state index in [-0.39, 0.29) is 43.5 Å². The number of hydrogen-bond acceptors (Lipinski definition) is 19. The SMILES string of the molecule is CC[C@H]1OC(=O)[C@H](C)[C@@H](O[C@H]2C[C@@](C)(OC)[C@@H](OC(=O)CCN3CCN(c4ccc([N+](=O)[O-])cc4)CC3)[C@H](C)O2)[C@H](C)[C@@H](O[C@@H]2O[C@H](C)C[C@H](N(C)C)[C@H]2O)[C@](C)(OC)C[C@@H](C)NC(=O)[C@H](C)[C@@H](O)[C@]1(C)O. The number of carbonyl (C=O) groups is 3.